The lowest BCUT2D eigenvalue weighted by atomic mass is 10.2. The summed E-state index contributed by atoms with van der Waals surface area (Å²) in [7, 11) is 0. The zero-order chi connectivity index (χ0) is 11.1. The Labute approximate surface area is 104 Å². The third-order valence-corrected chi connectivity index (χ3v) is 3.53. The zero-order valence-corrected chi connectivity index (χ0v) is 10.6. The number of rotatable bonds is 6. The van der Waals surface area contributed by atoms with Crippen LogP contribution >= 0.6 is 34.5 Å². The summed E-state index contributed by atoms with van der Waals surface area (Å²) in [6.07, 6.45) is 3.00. The summed E-state index contributed by atoms with van der Waals surface area (Å²) in [4.78, 5) is 12.1. The normalized spacial score (nSPS) is 10.3. The monoisotopic (exact) mass is 265 g/mol. The fourth-order valence-electron chi connectivity index (χ4n) is 1.13. The molecule has 0 aliphatic carbocycles. The van der Waals surface area contributed by atoms with Crippen LogP contribution < -0.4 is 5.32 Å². The molecular weight excluding hydrogens is 253 g/mol. The second kappa shape index (κ2) is 7.09. The van der Waals surface area contributed by atoms with Gasteiger partial charge >= 0.3 is 0 Å². The van der Waals surface area contributed by atoms with E-state index in [-0.39, 0.29) is 5.91 Å². The molecule has 1 aromatic rings. The lowest BCUT2D eigenvalue weighted by Crippen LogP contribution is -2.23. The van der Waals surface area contributed by atoms with Crippen molar-refractivity contribution in [1.82, 2.24) is 5.32 Å². The first kappa shape index (κ1) is 12.8. The Morgan fingerprint density at radius 1 is 1.40 bits per heavy atom. The van der Waals surface area contributed by atoms with Crippen LogP contribution in [0.25, 0.3) is 0 Å². The average Bonchev–Trinajstić information content (AvgIpc) is 2.64. The molecule has 0 radical (unpaired) electrons. The van der Waals surface area contributed by atoms with Gasteiger partial charge < -0.3 is 5.32 Å². The van der Waals surface area contributed by atoms with Gasteiger partial charge in [0, 0.05) is 12.4 Å². The number of nitrogens with one attached hydrogen (secondary N) is 1. The summed E-state index contributed by atoms with van der Waals surface area (Å²) in [6, 6.07) is 1.73. The Morgan fingerprint density at radius 3 is 2.80 bits per heavy atom. The maximum Gasteiger partial charge on any atom is 0.262 e. The van der Waals surface area contributed by atoms with Crippen LogP contribution in [0.5, 0.6) is 0 Å². The van der Waals surface area contributed by atoms with Gasteiger partial charge in [-0.3, -0.25) is 4.79 Å². The number of alkyl halides is 1. The fraction of sp³-hybridized carbons (Fsp3) is 0.500. The number of carbonyl (C=O) groups excluding carboxylic acids is 1. The van der Waals surface area contributed by atoms with Crippen molar-refractivity contribution in [2.75, 3.05) is 12.4 Å². The molecule has 0 unspecified atom stereocenters. The minimum Gasteiger partial charge on any atom is -0.351 e. The van der Waals surface area contributed by atoms with Gasteiger partial charge in [-0.2, -0.15) is 0 Å². The van der Waals surface area contributed by atoms with Gasteiger partial charge in [0.15, 0.2) is 0 Å². The summed E-state index contributed by atoms with van der Waals surface area (Å²) >= 11 is 12.7. The number of thiophene rings is 1. The van der Waals surface area contributed by atoms with Crippen LogP contribution in [-0.4, -0.2) is 18.3 Å². The van der Waals surface area contributed by atoms with Gasteiger partial charge in [0.05, 0.1) is 5.02 Å². The van der Waals surface area contributed by atoms with Crippen molar-refractivity contribution in [1.29, 1.82) is 0 Å². The van der Waals surface area contributed by atoms with Crippen molar-refractivity contribution in [3.8, 4) is 0 Å². The fourth-order valence-corrected chi connectivity index (χ4v) is 2.38. The molecule has 0 aliphatic heterocycles. The van der Waals surface area contributed by atoms with Gasteiger partial charge in [0.25, 0.3) is 5.91 Å². The number of hydrogen-bond donors (Lipinski definition) is 1. The summed E-state index contributed by atoms with van der Waals surface area (Å²) in [5.41, 5.74) is 0. The molecule has 1 amide bonds. The quantitative estimate of drug-likeness (QED) is 0.619. The Morgan fingerprint density at radius 2 is 2.20 bits per heavy atom. The smallest absolute Gasteiger partial charge is 0.262 e. The largest absolute Gasteiger partial charge is 0.351 e. The number of unbranched alkanes of at least 4 members (excludes halogenated alkanes) is 2. The molecule has 0 saturated heterocycles. The topological polar surface area (TPSA) is 29.1 Å². The van der Waals surface area contributed by atoms with Gasteiger partial charge in [-0.15, -0.1) is 22.9 Å². The molecule has 0 aliphatic rings. The van der Waals surface area contributed by atoms with Gasteiger partial charge in [0.1, 0.15) is 4.88 Å². The molecule has 2 nitrogen and oxygen atoms in total. The SMILES string of the molecule is O=C(NCCCCCCl)c1sccc1Cl. The molecule has 0 aromatic carbocycles. The molecule has 0 spiro atoms. The highest BCUT2D eigenvalue weighted by Gasteiger charge is 2.10. The molecule has 84 valence electrons. The second-order valence-corrected chi connectivity index (χ2v) is 4.80. The average molecular weight is 266 g/mol. The van der Waals surface area contributed by atoms with E-state index in [0.29, 0.717) is 22.3 Å². The van der Waals surface area contributed by atoms with E-state index in [1.807, 2.05) is 5.38 Å². The first-order valence-corrected chi connectivity index (χ1v) is 6.62. The molecule has 15 heavy (non-hydrogen) atoms. The molecule has 1 N–H and O–H groups in total. The van der Waals surface area contributed by atoms with Gasteiger partial charge in [-0.1, -0.05) is 18.0 Å². The van der Waals surface area contributed by atoms with E-state index in [2.05, 4.69) is 5.32 Å². The van der Waals surface area contributed by atoms with Crippen LogP contribution in [0.2, 0.25) is 5.02 Å². The van der Waals surface area contributed by atoms with Gasteiger partial charge in [-0.05, 0) is 24.3 Å². The van der Waals surface area contributed by atoms with Crippen LogP contribution in [0, 0.1) is 0 Å². The van der Waals surface area contributed by atoms with Crippen LogP contribution in [-0.2, 0) is 0 Å². The molecule has 1 heterocycles. The summed E-state index contributed by atoms with van der Waals surface area (Å²) in [6.45, 7) is 0.684. The molecule has 0 fully saturated rings. The van der Waals surface area contributed by atoms with Crippen molar-refractivity contribution < 1.29 is 4.79 Å². The van der Waals surface area contributed by atoms with Gasteiger partial charge in [0.2, 0.25) is 0 Å². The summed E-state index contributed by atoms with van der Waals surface area (Å²) in [5.74, 6) is 0.603. The summed E-state index contributed by atoms with van der Waals surface area (Å²) in [5, 5.41) is 5.17. The number of carbonyl (C=O) groups is 1. The standard InChI is InChI=1S/C10H13Cl2NOS/c11-5-2-1-3-6-13-10(14)9-8(12)4-7-15-9/h4,7H,1-3,5-6H2,(H,13,14). The van der Waals surface area contributed by atoms with Crippen molar-refractivity contribution >= 4 is 40.4 Å². The van der Waals surface area contributed by atoms with Crippen molar-refractivity contribution in [3.05, 3.63) is 21.3 Å². The highest BCUT2D eigenvalue weighted by Crippen LogP contribution is 2.21. The molecule has 0 atom stereocenters. The predicted molar refractivity (Wildman–Crippen MR) is 66.2 cm³/mol. The first-order valence-electron chi connectivity index (χ1n) is 4.83. The third kappa shape index (κ3) is 4.41. The molecule has 1 aromatic heterocycles. The van der Waals surface area contributed by atoms with E-state index in [0.717, 1.165) is 19.3 Å². The van der Waals surface area contributed by atoms with Crippen molar-refractivity contribution in [2.24, 2.45) is 0 Å². The second-order valence-electron chi connectivity index (χ2n) is 3.10. The Kier molecular flexibility index (Phi) is 6.06. The Hall–Kier alpha value is -0.250. The van der Waals surface area contributed by atoms with Crippen LogP contribution in [0.4, 0.5) is 0 Å². The maximum absolute atomic E-state index is 11.5. The molecule has 0 bridgehead atoms. The predicted octanol–water partition coefficient (Wildman–Crippen LogP) is 3.54. The van der Waals surface area contributed by atoms with E-state index in [1.54, 1.807) is 6.07 Å². The van der Waals surface area contributed by atoms with E-state index in [9.17, 15) is 4.79 Å². The zero-order valence-electron chi connectivity index (χ0n) is 8.26. The van der Waals surface area contributed by atoms with Crippen molar-refractivity contribution in [3.63, 3.8) is 0 Å². The molecule has 0 saturated carbocycles. The molecule has 1 rings (SSSR count). The molecule has 5 heteroatoms. The van der Waals surface area contributed by atoms with E-state index in [1.165, 1.54) is 11.3 Å². The lowest BCUT2D eigenvalue weighted by molar-refractivity contribution is 0.0957. The minimum atomic E-state index is -0.0825. The van der Waals surface area contributed by atoms with E-state index < -0.39 is 0 Å². The molecular formula is C10H13Cl2NOS. The highest BCUT2D eigenvalue weighted by atomic mass is 35.5. The van der Waals surface area contributed by atoms with Crippen LogP contribution in [0.3, 0.4) is 0 Å². The number of amides is 1. The minimum absolute atomic E-state index is 0.0825. The first-order chi connectivity index (χ1) is 7.25. The van der Waals surface area contributed by atoms with Gasteiger partial charge in [-0.25, -0.2) is 0 Å². The Balaban J connectivity index is 2.22. The van der Waals surface area contributed by atoms with Crippen molar-refractivity contribution in [2.45, 2.75) is 19.3 Å². The number of halogens is 2. The van der Waals surface area contributed by atoms with Crippen LogP contribution in [0.1, 0.15) is 28.9 Å². The van der Waals surface area contributed by atoms with Crippen LogP contribution in [0.15, 0.2) is 11.4 Å². The van der Waals surface area contributed by atoms with E-state index in [4.69, 9.17) is 23.2 Å². The Bertz CT molecular complexity index is 314. The maximum atomic E-state index is 11.5. The lowest BCUT2D eigenvalue weighted by Gasteiger charge is -2.03. The van der Waals surface area contributed by atoms with E-state index >= 15 is 0 Å². The highest BCUT2D eigenvalue weighted by molar-refractivity contribution is 7.12. The summed E-state index contributed by atoms with van der Waals surface area (Å²) < 4.78 is 0. The third-order valence-electron chi connectivity index (χ3n) is 1.92. The number of hydrogen-bond acceptors (Lipinski definition) is 2.